The van der Waals surface area contributed by atoms with Crippen LogP contribution in [0.2, 0.25) is 0 Å². The van der Waals surface area contributed by atoms with Gasteiger partial charge in [-0.3, -0.25) is 0 Å². The monoisotopic (exact) mass is 173 g/mol. The van der Waals surface area contributed by atoms with E-state index in [9.17, 15) is 5.11 Å². The molecule has 12 heavy (non-hydrogen) atoms. The van der Waals surface area contributed by atoms with Gasteiger partial charge in [-0.2, -0.15) is 0 Å². The molecule has 0 saturated carbocycles. The van der Waals surface area contributed by atoms with Crippen molar-refractivity contribution in [1.82, 2.24) is 5.32 Å². The fourth-order valence-corrected chi connectivity index (χ4v) is 2.14. The Morgan fingerprint density at radius 2 is 2.33 bits per heavy atom. The lowest BCUT2D eigenvalue weighted by Gasteiger charge is -2.33. The number of nitrogens with zero attached hydrogens (tertiary/aromatic N) is 1. The quantitative estimate of drug-likeness (QED) is 0.593. The van der Waals surface area contributed by atoms with Crippen LogP contribution in [0.15, 0.2) is 0 Å². The zero-order valence-electron chi connectivity index (χ0n) is 8.21. The zero-order valence-corrected chi connectivity index (χ0v) is 8.21. The Bertz CT molecular complexity index is 140. The van der Waals surface area contributed by atoms with Gasteiger partial charge in [-0.05, 0) is 7.05 Å². The highest BCUT2D eigenvalue weighted by Gasteiger charge is 2.36. The summed E-state index contributed by atoms with van der Waals surface area (Å²) in [5, 5.41) is 12.4. The molecule has 2 atom stereocenters. The highest BCUT2D eigenvalue weighted by atomic mass is 16.3. The van der Waals surface area contributed by atoms with Crippen LogP contribution in [0, 0.1) is 0 Å². The molecule has 1 fully saturated rings. The normalized spacial score (nSPS) is 35.8. The summed E-state index contributed by atoms with van der Waals surface area (Å²) in [6.45, 7) is 2.51. The van der Waals surface area contributed by atoms with Crippen LogP contribution in [0.1, 0.15) is 19.3 Å². The van der Waals surface area contributed by atoms with Crippen LogP contribution >= 0.6 is 0 Å². The second-order valence-corrected chi connectivity index (χ2v) is 4.03. The van der Waals surface area contributed by atoms with Crippen molar-refractivity contribution in [2.24, 2.45) is 0 Å². The highest BCUT2D eigenvalue weighted by molar-refractivity contribution is 4.66. The van der Waals surface area contributed by atoms with E-state index in [2.05, 4.69) is 12.4 Å². The second-order valence-electron chi connectivity index (χ2n) is 4.03. The van der Waals surface area contributed by atoms with Gasteiger partial charge in [0.25, 0.3) is 0 Å². The maximum atomic E-state index is 9.25. The van der Waals surface area contributed by atoms with E-state index in [1.165, 1.54) is 19.3 Å². The van der Waals surface area contributed by atoms with Gasteiger partial charge in [-0.1, -0.05) is 0 Å². The molecule has 0 radical (unpaired) electrons. The molecule has 0 aliphatic carbocycles. The number of nitrogens with one attached hydrogen (secondary N) is 1. The molecule has 3 nitrogen and oxygen atoms in total. The standard InChI is InChI=1S/C9H21N2O/c1-10-6-5-9-4-3-7-11(9,2)8-12/h9-10,12H,3-8H2,1-2H3/q+1. The van der Waals surface area contributed by atoms with Gasteiger partial charge in [-0.15, -0.1) is 0 Å². The summed E-state index contributed by atoms with van der Waals surface area (Å²) in [6.07, 6.45) is 3.73. The molecule has 1 rings (SSSR count). The van der Waals surface area contributed by atoms with Gasteiger partial charge in [0.15, 0.2) is 6.73 Å². The molecule has 1 aliphatic heterocycles. The first kappa shape index (κ1) is 9.96. The maximum absolute atomic E-state index is 9.25. The van der Waals surface area contributed by atoms with Crippen LogP contribution in [0.25, 0.3) is 0 Å². The molecule has 0 aromatic rings. The van der Waals surface area contributed by atoms with Crippen molar-refractivity contribution in [3.8, 4) is 0 Å². The molecule has 0 spiro atoms. The number of rotatable bonds is 4. The minimum atomic E-state index is 0.300. The average Bonchev–Trinajstić information content (AvgIpc) is 2.45. The van der Waals surface area contributed by atoms with Crippen molar-refractivity contribution in [1.29, 1.82) is 0 Å². The van der Waals surface area contributed by atoms with Crippen molar-refractivity contribution >= 4 is 0 Å². The van der Waals surface area contributed by atoms with Crippen LogP contribution in [0.4, 0.5) is 0 Å². The molecule has 0 bridgehead atoms. The molecule has 1 saturated heterocycles. The molecule has 0 aromatic carbocycles. The van der Waals surface area contributed by atoms with E-state index in [-0.39, 0.29) is 0 Å². The summed E-state index contributed by atoms with van der Waals surface area (Å²) >= 11 is 0. The van der Waals surface area contributed by atoms with Crippen LogP contribution < -0.4 is 5.32 Å². The average molecular weight is 173 g/mol. The Morgan fingerprint density at radius 3 is 2.92 bits per heavy atom. The molecule has 3 heteroatoms. The summed E-state index contributed by atoms with van der Waals surface area (Å²) < 4.78 is 0.863. The summed E-state index contributed by atoms with van der Waals surface area (Å²) in [4.78, 5) is 0. The van der Waals surface area contributed by atoms with E-state index in [4.69, 9.17) is 0 Å². The predicted molar refractivity (Wildman–Crippen MR) is 49.7 cm³/mol. The molecule has 0 amide bonds. The van der Waals surface area contributed by atoms with E-state index in [0.717, 1.165) is 17.6 Å². The molecule has 1 aliphatic rings. The zero-order chi connectivity index (χ0) is 9.03. The van der Waals surface area contributed by atoms with Crippen molar-refractivity contribution < 1.29 is 9.59 Å². The summed E-state index contributed by atoms with van der Waals surface area (Å²) in [5.41, 5.74) is 0. The van der Waals surface area contributed by atoms with E-state index in [0.29, 0.717) is 12.8 Å². The van der Waals surface area contributed by atoms with Gasteiger partial charge in [0.2, 0.25) is 0 Å². The van der Waals surface area contributed by atoms with Gasteiger partial charge in [0.05, 0.1) is 19.6 Å². The molecule has 0 aromatic heterocycles. The van der Waals surface area contributed by atoms with Crippen LogP contribution in [-0.2, 0) is 0 Å². The number of hydrogen-bond acceptors (Lipinski definition) is 2. The Morgan fingerprint density at radius 1 is 1.58 bits per heavy atom. The largest absolute Gasteiger partial charge is 0.347 e. The number of hydrogen-bond donors (Lipinski definition) is 2. The van der Waals surface area contributed by atoms with Crippen LogP contribution in [0.5, 0.6) is 0 Å². The van der Waals surface area contributed by atoms with E-state index in [1.807, 2.05) is 7.05 Å². The second kappa shape index (κ2) is 4.21. The lowest BCUT2D eigenvalue weighted by molar-refractivity contribution is -0.938. The highest BCUT2D eigenvalue weighted by Crippen LogP contribution is 2.25. The number of quaternary nitrogens is 1. The van der Waals surface area contributed by atoms with Gasteiger partial charge < -0.3 is 14.9 Å². The molecule has 1 heterocycles. The Hall–Kier alpha value is -0.120. The summed E-state index contributed by atoms with van der Waals surface area (Å²) in [6, 6.07) is 0.669. The smallest absolute Gasteiger partial charge is 0.180 e. The summed E-state index contributed by atoms with van der Waals surface area (Å²) in [7, 11) is 4.14. The van der Waals surface area contributed by atoms with Crippen molar-refractivity contribution in [2.45, 2.75) is 25.3 Å². The van der Waals surface area contributed by atoms with Gasteiger partial charge in [-0.25, -0.2) is 0 Å². The SMILES string of the molecule is CNCCC1CCC[N+]1(C)CO. The fourth-order valence-electron chi connectivity index (χ4n) is 2.14. The third-order valence-corrected chi connectivity index (χ3v) is 3.14. The Balaban J connectivity index is 2.40. The van der Waals surface area contributed by atoms with E-state index in [1.54, 1.807) is 0 Å². The number of likely N-dealkylation sites (tertiary alicyclic amines) is 1. The minimum Gasteiger partial charge on any atom is -0.347 e. The van der Waals surface area contributed by atoms with Crippen LogP contribution in [0.3, 0.4) is 0 Å². The fraction of sp³-hybridized carbons (Fsp3) is 1.00. The molecule has 2 N–H and O–H groups in total. The number of aliphatic hydroxyl groups is 1. The van der Waals surface area contributed by atoms with Gasteiger partial charge in [0.1, 0.15) is 0 Å². The van der Waals surface area contributed by atoms with Crippen molar-refractivity contribution in [3.63, 3.8) is 0 Å². The van der Waals surface area contributed by atoms with Gasteiger partial charge in [0, 0.05) is 25.8 Å². The lowest BCUT2D eigenvalue weighted by Crippen LogP contribution is -2.49. The van der Waals surface area contributed by atoms with E-state index >= 15 is 0 Å². The third-order valence-electron chi connectivity index (χ3n) is 3.14. The predicted octanol–water partition coefficient (Wildman–Crippen LogP) is 0.155. The summed E-state index contributed by atoms with van der Waals surface area (Å²) in [5.74, 6) is 0. The van der Waals surface area contributed by atoms with Crippen molar-refractivity contribution in [3.05, 3.63) is 0 Å². The maximum Gasteiger partial charge on any atom is 0.180 e. The van der Waals surface area contributed by atoms with Crippen molar-refractivity contribution in [2.75, 3.05) is 33.9 Å². The van der Waals surface area contributed by atoms with Crippen LogP contribution in [-0.4, -0.2) is 49.5 Å². The molecule has 2 unspecified atom stereocenters. The first-order valence-corrected chi connectivity index (χ1v) is 4.82. The molecule has 72 valence electrons. The number of aliphatic hydroxyl groups excluding tert-OH is 1. The topological polar surface area (TPSA) is 32.3 Å². The molecular weight excluding hydrogens is 152 g/mol. The first-order valence-electron chi connectivity index (χ1n) is 4.82. The first-order chi connectivity index (χ1) is 5.73. The lowest BCUT2D eigenvalue weighted by atomic mass is 10.1. The Labute approximate surface area is 75.0 Å². The Kier molecular flexibility index (Phi) is 3.50. The third kappa shape index (κ3) is 1.97. The molecular formula is C9H21N2O+. The minimum absolute atomic E-state index is 0.300. The van der Waals surface area contributed by atoms with Gasteiger partial charge >= 0.3 is 0 Å². The van der Waals surface area contributed by atoms with E-state index < -0.39 is 0 Å².